The van der Waals surface area contributed by atoms with Gasteiger partial charge in [-0.25, -0.2) is 0 Å². The van der Waals surface area contributed by atoms with E-state index in [0.717, 1.165) is 19.6 Å². The third-order valence-electron chi connectivity index (χ3n) is 2.36. The second-order valence-electron chi connectivity index (χ2n) is 3.33. The summed E-state index contributed by atoms with van der Waals surface area (Å²) in [7, 11) is 0. The van der Waals surface area contributed by atoms with Crippen LogP contribution in [0, 0.1) is 11.8 Å². The minimum absolute atomic E-state index is 0.0640. The zero-order chi connectivity index (χ0) is 8.97. The molecule has 1 aliphatic rings. The van der Waals surface area contributed by atoms with Crippen LogP contribution in [0.3, 0.4) is 0 Å². The molecular formula is C8H15ClN2O. The third-order valence-corrected chi connectivity index (χ3v) is 2.60. The lowest BCUT2D eigenvalue weighted by Crippen LogP contribution is -2.32. The monoisotopic (exact) mass is 190 g/mol. The first kappa shape index (κ1) is 9.81. The van der Waals surface area contributed by atoms with Crippen molar-refractivity contribution < 1.29 is 4.79 Å². The van der Waals surface area contributed by atoms with Crippen molar-refractivity contribution in [1.82, 2.24) is 10.6 Å². The number of hydrogen-bond donors (Lipinski definition) is 2. The summed E-state index contributed by atoms with van der Waals surface area (Å²) in [5.74, 6) is 1.21. The molecular weight excluding hydrogens is 176 g/mol. The molecule has 1 amide bonds. The van der Waals surface area contributed by atoms with Crippen molar-refractivity contribution in [2.45, 2.75) is 6.92 Å². The highest BCUT2D eigenvalue weighted by molar-refractivity contribution is 6.27. The Balaban J connectivity index is 2.18. The third kappa shape index (κ3) is 2.64. The van der Waals surface area contributed by atoms with E-state index in [9.17, 15) is 4.79 Å². The molecule has 70 valence electrons. The molecule has 0 aromatic heterocycles. The van der Waals surface area contributed by atoms with E-state index in [4.69, 9.17) is 11.6 Å². The Morgan fingerprint density at radius 3 is 2.92 bits per heavy atom. The number of amides is 1. The smallest absolute Gasteiger partial charge is 0.234 e. The van der Waals surface area contributed by atoms with Crippen LogP contribution < -0.4 is 10.6 Å². The van der Waals surface area contributed by atoms with Gasteiger partial charge in [-0.05, 0) is 24.9 Å². The zero-order valence-electron chi connectivity index (χ0n) is 7.27. The molecule has 0 aromatic rings. The molecule has 3 nitrogen and oxygen atoms in total. The fourth-order valence-electron chi connectivity index (χ4n) is 1.43. The highest BCUT2D eigenvalue weighted by Crippen LogP contribution is 2.14. The van der Waals surface area contributed by atoms with Crippen LogP contribution in [0.2, 0.25) is 0 Å². The van der Waals surface area contributed by atoms with Crippen LogP contribution in [0.15, 0.2) is 0 Å². The molecule has 4 heteroatoms. The van der Waals surface area contributed by atoms with E-state index in [-0.39, 0.29) is 11.8 Å². The number of nitrogens with one attached hydrogen (secondary N) is 2. The predicted octanol–water partition coefficient (Wildman–Crippen LogP) is 0.197. The van der Waals surface area contributed by atoms with Gasteiger partial charge in [-0.2, -0.15) is 0 Å². The average molecular weight is 191 g/mol. The molecule has 1 fully saturated rings. The Labute approximate surface area is 77.9 Å². The Bertz CT molecular complexity index is 163. The average Bonchev–Trinajstić information content (AvgIpc) is 2.47. The van der Waals surface area contributed by atoms with Gasteiger partial charge in [0.05, 0.1) is 0 Å². The van der Waals surface area contributed by atoms with Gasteiger partial charge in [-0.15, -0.1) is 11.6 Å². The number of carbonyl (C=O) groups excluding carboxylic acids is 1. The van der Waals surface area contributed by atoms with E-state index in [0.29, 0.717) is 11.8 Å². The number of halogens is 1. The van der Waals surface area contributed by atoms with Crippen LogP contribution in [0.5, 0.6) is 0 Å². The van der Waals surface area contributed by atoms with Crippen molar-refractivity contribution in [2.24, 2.45) is 11.8 Å². The molecule has 1 saturated heterocycles. The SMILES string of the molecule is C[C@@H]1CNC[C@H]1CNC(=O)CCl. The van der Waals surface area contributed by atoms with Crippen LogP contribution in [0.25, 0.3) is 0 Å². The molecule has 1 heterocycles. The molecule has 1 rings (SSSR count). The summed E-state index contributed by atoms with van der Waals surface area (Å²) in [6.07, 6.45) is 0. The van der Waals surface area contributed by atoms with Gasteiger partial charge in [0, 0.05) is 6.54 Å². The summed E-state index contributed by atoms with van der Waals surface area (Å²) in [4.78, 5) is 10.8. The quantitative estimate of drug-likeness (QED) is 0.625. The number of carbonyl (C=O) groups is 1. The van der Waals surface area contributed by atoms with Gasteiger partial charge >= 0.3 is 0 Å². The van der Waals surface area contributed by atoms with E-state index in [1.165, 1.54) is 0 Å². The van der Waals surface area contributed by atoms with Gasteiger partial charge in [0.15, 0.2) is 0 Å². The molecule has 0 aromatic carbocycles. The Hall–Kier alpha value is -0.280. The number of hydrogen-bond acceptors (Lipinski definition) is 2. The second kappa shape index (κ2) is 4.67. The summed E-state index contributed by atoms with van der Waals surface area (Å²) in [6, 6.07) is 0. The van der Waals surface area contributed by atoms with E-state index in [2.05, 4.69) is 17.6 Å². The van der Waals surface area contributed by atoms with Crippen molar-refractivity contribution in [1.29, 1.82) is 0 Å². The topological polar surface area (TPSA) is 41.1 Å². The number of rotatable bonds is 3. The van der Waals surface area contributed by atoms with Gasteiger partial charge < -0.3 is 10.6 Å². The van der Waals surface area contributed by atoms with Crippen LogP contribution in [-0.4, -0.2) is 31.4 Å². The first-order valence-corrected chi connectivity index (χ1v) is 4.81. The van der Waals surface area contributed by atoms with Crippen molar-refractivity contribution in [3.8, 4) is 0 Å². The predicted molar refractivity (Wildman–Crippen MR) is 49.3 cm³/mol. The minimum atomic E-state index is -0.0734. The highest BCUT2D eigenvalue weighted by atomic mass is 35.5. The van der Waals surface area contributed by atoms with E-state index < -0.39 is 0 Å². The second-order valence-corrected chi connectivity index (χ2v) is 3.60. The lowest BCUT2D eigenvalue weighted by atomic mass is 9.98. The van der Waals surface area contributed by atoms with Crippen molar-refractivity contribution in [3.63, 3.8) is 0 Å². The molecule has 0 aliphatic carbocycles. The Morgan fingerprint density at radius 1 is 1.67 bits per heavy atom. The molecule has 0 saturated carbocycles. The standard InChI is InChI=1S/C8H15ClN2O/c1-6-3-10-4-7(6)5-11-8(12)2-9/h6-7,10H,2-5H2,1H3,(H,11,12)/t6-,7+/m1/s1. The largest absolute Gasteiger partial charge is 0.355 e. The Kier molecular flexibility index (Phi) is 3.82. The van der Waals surface area contributed by atoms with Gasteiger partial charge in [-0.3, -0.25) is 4.79 Å². The normalized spacial score (nSPS) is 28.8. The highest BCUT2D eigenvalue weighted by Gasteiger charge is 2.22. The maximum Gasteiger partial charge on any atom is 0.234 e. The van der Waals surface area contributed by atoms with Crippen molar-refractivity contribution in [3.05, 3.63) is 0 Å². The minimum Gasteiger partial charge on any atom is -0.355 e. The molecule has 0 spiro atoms. The maximum atomic E-state index is 10.8. The fraction of sp³-hybridized carbons (Fsp3) is 0.875. The maximum absolute atomic E-state index is 10.8. The number of alkyl halides is 1. The molecule has 1 aliphatic heterocycles. The summed E-state index contributed by atoms with van der Waals surface area (Å²) in [5.41, 5.74) is 0. The lowest BCUT2D eigenvalue weighted by Gasteiger charge is -2.13. The summed E-state index contributed by atoms with van der Waals surface area (Å²) in [6.45, 7) is 5.00. The summed E-state index contributed by atoms with van der Waals surface area (Å²) < 4.78 is 0. The summed E-state index contributed by atoms with van der Waals surface area (Å²) >= 11 is 5.35. The molecule has 2 N–H and O–H groups in total. The molecule has 2 atom stereocenters. The molecule has 0 bridgehead atoms. The van der Waals surface area contributed by atoms with E-state index in [1.807, 2.05) is 0 Å². The van der Waals surface area contributed by atoms with Crippen molar-refractivity contribution >= 4 is 17.5 Å². The Morgan fingerprint density at radius 2 is 2.42 bits per heavy atom. The van der Waals surface area contributed by atoms with Gasteiger partial charge in [0.1, 0.15) is 5.88 Å². The van der Waals surface area contributed by atoms with Gasteiger partial charge in [-0.1, -0.05) is 6.92 Å². The van der Waals surface area contributed by atoms with Crippen LogP contribution >= 0.6 is 11.6 Å². The fourth-order valence-corrected chi connectivity index (χ4v) is 1.52. The molecule has 0 radical (unpaired) electrons. The van der Waals surface area contributed by atoms with Gasteiger partial charge in [0.2, 0.25) is 5.91 Å². The first-order chi connectivity index (χ1) is 5.74. The van der Waals surface area contributed by atoms with Crippen LogP contribution in [0.1, 0.15) is 6.92 Å². The molecule has 12 heavy (non-hydrogen) atoms. The first-order valence-electron chi connectivity index (χ1n) is 4.27. The van der Waals surface area contributed by atoms with E-state index in [1.54, 1.807) is 0 Å². The molecule has 0 unspecified atom stereocenters. The van der Waals surface area contributed by atoms with E-state index >= 15 is 0 Å². The lowest BCUT2D eigenvalue weighted by molar-refractivity contribution is -0.118. The zero-order valence-corrected chi connectivity index (χ0v) is 8.03. The van der Waals surface area contributed by atoms with Crippen LogP contribution in [0.4, 0.5) is 0 Å². The summed E-state index contributed by atoms with van der Waals surface area (Å²) in [5, 5.41) is 6.07. The van der Waals surface area contributed by atoms with Crippen LogP contribution in [-0.2, 0) is 4.79 Å². The van der Waals surface area contributed by atoms with Crippen molar-refractivity contribution in [2.75, 3.05) is 25.5 Å². The van der Waals surface area contributed by atoms with Gasteiger partial charge in [0.25, 0.3) is 0 Å².